The number of amides is 3. The predicted octanol–water partition coefficient (Wildman–Crippen LogP) is 5.35. The van der Waals surface area contributed by atoms with Crippen LogP contribution < -0.4 is 20.3 Å². The van der Waals surface area contributed by atoms with Gasteiger partial charge in [0.25, 0.3) is 17.7 Å². The van der Waals surface area contributed by atoms with Crippen LogP contribution in [0.4, 0.5) is 17.1 Å². The monoisotopic (exact) mass is 495 g/mol. The van der Waals surface area contributed by atoms with E-state index in [1.54, 1.807) is 60.7 Å². The number of nitrogens with one attached hydrogen (secondary N) is 2. The summed E-state index contributed by atoms with van der Waals surface area (Å²) < 4.78 is 5.31. The van der Waals surface area contributed by atoms with Gasteiger partial charge in [0.2, 0.25) is 0 Å². The van der Waals surface area contributed by atoms with Crippen molar-refractivity contribution >= 4 is 58.0 Å². The van der Waals surface area contributed by atoms with Gasteiger partial charge in [-0.1, -0.05) is 29.3 Å². The van der Waals surface area contributed by atoms with Gasteiger partial charge in [0.05, 0.1) is 12.8 Å². The zero-order valence-corrected chi connectivity index (χ0v) is 19.7. The minimum atomic E-state index is -0.656. The fraction of sp³-hybridized carbons (Fsp3) is 0.0800. The summed E-state index contributed by atoms with van der Waals surface area (Å²) in [5.41, 5.74) is 2.59. The topological polar surface area (TPSA) is 87.7 Å². The smallest absolute Gasteiger partial charge is 0.283 e. The molecule has 7 nitrogen and oxygen atoms in total. The van der Waals surface area contributed by atoms with Crippen molar-refractivity contribution in [2.24, 2.45) is 0 Å². The Labute approximate surface area is 205 Å². The van der Waals surface area contributed by atoms with Crippen LogP contribution in [0.1, 0.15) is 15.9 Å². The standard InChI is InChI=1S/C25H19Cl2N3O4/c1-14-3-12-20(34-2)19(13-14)30-24(32)21(27)22(25(30)33)28-17-8-4-15(5-9-17)23(31)29-18-10-6-16(26)7-11-18/h3-13,28H,1-2H3,(H,29,31). The number of aryl methyl sites for hydroxylation is 1. The number of carbonyl (C=O) groups is 3. The van der Waals surface area contributed by atoms with E-state index in [9.17, 15) is 14.4 Å². The molecular formula is C25H19Cl2N3O4. The predicted molar refractivity (Wildman–Crippen MR) is 133 cm³/mol. The van der Waals surface area contributed by atoms with Crippen LogP contribution in [0.3, 0.4) is 0 Å². The lowest BCUT2D eigenvalue weighted by molar-refractivity contribution is -0.120. The Morgan fingerprint density at radius 1 is 0.882 bits per heavy atom. The van der Waals surface area contributed by atoms with E-state index in [2.05, 4.69) is 10.6 Å². The summed E-state index contributed by atoms with van der Waals surface area (Å²) in [6.07, 6.45) is 0. The van der Waals surface area contributed by atoms with E-state index >= 15 is 0 Å². The van der Waals surface area contributed by atoms with Gasteiger partial charge in [-0.15, -0.1) is 0 Å². The number of anilines is 3. The van der Waals surface area contributed by atoms with Crippen molar-refractivity contribution in [2.45, 2.75) is 6.92 Å². The zero-order chi connectivity index (χ0) is 24.4. The van der Waals surface area contributed by atoms with Crippen LogP contribution >= 0.6 is 23.2 Å². The summed E-state index contributed by atoms with van der Waals surface area (Å²) in [4.78, 5) is 39.3. The van der Waals surface area contributed by atoms with Crippen molar-refractivity contribution in [1.29, 1.82) is 0 Å². The molecule has 172 valence electrons. The van der Waals surface area contributed by atoms with Crippen LogP contribution in [0.2, 0.25) is 5.02 Å². The van der Waals surface area contributed by atoms with Crippen molar-refractivity contribution in [1.82, 2.24) is 0 Å². The first kappa shape index (κ1) is 23.4. The fourth-order valence-electron chi connectivity index (χ4n) is 3.39. The summed E-state index contributed by atoms with van der Waals surface area (Å²) >= 11 is 12.1. The molecule has 0 bridgehead atoms. The number of hydrogen-bond donors (Lipinski definition) is 2. The molecule has 0 aliphatic carbocycles. The van der Waals surface area contributed by atoms with E-state index in [1.807, 2.05) is 13.0 Å². The highest BCUT2D eigenvalue weighted by atomic mass is 35.5. The van der Waals surface area contributed by atoms with Crippen LogP contribution in [0, 0.1) is 6.92 Å². The van der Waals surface area contributed by atoms with Gasteiger partial charge in [0.15, 0.2) is 0 Å². The highest BCUT2D eigenvalue weighted by Gasteiger charge is 2.40. The maximum atomic E-state index is 13.1. The number of hydrogen-bond acceptors (Lipinski definition) is 5. The van der Waals surface area contributed by atoms with E-state index in [0.29, 0.717) is 33.4 Å². The molecule has 1 heterocycles. The molecule has 34 heavy (non-hydrogen) atoms. The van der Waals surface area contributed by atoms with Crippen molar-refractivity contribution in [3.63, 3.8) is 0 Å². The third-order valence-electron chi connectivity index (χ3n) is 5.12. The lowest BCUT2D eigenvalue weighted by Gasteiger charge is -2.18. The van der Waals surface area contributed by atoms with Crippen molar-refractivity contribution in [3.8, 4) is 5.75 Å². The van der Waals surface area contributed by atoms with Crippen LogP contribution in [0.5, 0.6) is 5.75 Å². The fourth-order valence-corrected chi connectivity index (χ4v) is 3.73. The average Bonchev–Trinajstić information content (AvgIpc) is 3.04. The Balaban J connectivity index is 1.51. The Kier molecular flexibility index (Phi) is 6.58. The number of methoxy groups -OCH3 is 1. The van der Waals surface area contributed by atoms with E-state index in [4.69, 9.17) is 27.9 Å². The molecule has 0 saturated heterocycles. The minimum absolute atomic E-state index is 0.0615. The number of rotatable bonds is 6. The van der Waals surface area contributed by atoms with Gasteiger partial charge >= 0.3 is 0 Å². The lowest BCUT2D eigenvalue weighted by atomic mass is 10.1. The second-order valence-electron chi connectivity index (χ2n) is 7.47. The van der Waals surface area contributed by atoms with Gasteiger partial charge in [-0.05, 0) is 73.2 Å². The SMILES string of the molecule is COc1ccc(C)cc1N1C(=O)C(Cl)=C(Nc2ccc(C(=O)Nc3ccc(Cl)cc3)cc2)C1=O. The molecule has 4 rings (SSSR count). The minimum Gasteiger partial charge on any atom is -0.495 e. The van der Waals surface area contributed by atoms with Gasteiger partial charge in [-0.25, -0.2) is 4.90 Å². The molecule has 3 aromatic carbocycles. The summed E-state index contributed by atoms with van der Waals surface area (Å²) in [6.45, 7) is 1.84. The van der Waals surface area contributed by atoms with Gasteiger partial charge in [0, 0.05) is 22.0 Å². The number of carbonyl (C=O) groups excluding carboxylic acids is 3. The third kappa shape index (κ3) is 4.62. The molecule has 0 saturated carbocycles. The first-order valence-corrected chi connectivity index (χ1v) is 10.9. The van der Waals surface area contributed by atoms with E-state index in [0.717, 1.165) is 10.5 Å². The Bertz CT molecular complexity index is 1320. The average molecular weight is 496 g/mol. The molecule has 0 radical (unpaired) electrons. The zero-order valence-electron chi connectivity index (χ0n) is 18.2. The highest BCUT2D eigenvalue weighted by Crippen LogP contribution is 2.36. The number of nitrogens with zero attached hydrogens (tertiary/aromatic N) is 1. The summed E-state index contributed by atoms with van der Waals surface area (Å²) in [6, 6.07) is 18.3. The molecule has 3 amide bonds. The number of ether oxygens (including phenoxy) is 1. The quantitative estimate of drug-likeness (QED) is 0.450. The molecule has 9 heteroatoms. The first-order valence-electron chi connectivity index (χ1n) is 10.2. The largest absolute Gasteiger partial charge is 0.495 e. The lowest BCUT2D eigenvalue weighted by Crippen LogP contribution is -2.32. The van der Waals surface area contributed by atoms with Crippen LogP contribution in [-0.2, 0) is 9.59 Å². The van der Waals surface area contributed by atoms with Crippen molar-refractivity contribution in [2.75, 3.05) is 22.6 Å². The van der Waals surface area contributed by atoms with E-state index in [-0.39, 0.29) is 16.6 Å². The molecule has 1 aliphatic heterocycles. The molecule has 0 fully saturated rings. The molecule has 1 aliphatic rings. The molecule has 0 atom stereocenters. The van der Waals surface area contributed by atoms with E-state index in [1.165, 1.54) is 7.11 Å². The third-order valence-corrected chi connectivity index (χ3v) is 5.72. The molecule has 0 spiro atoms. The van der Waals surface area contributed by atoms with Crippen LogP contribution in [0.25, 0.3) is 0 Å². The van der Waals surface area contributed by atoms with Crippen LogP contribution in [0.15, 0.2) is 77.5 Å². The maximum absolute atomic E-state index is 13.1. The van der Waals surface area contributed by atoms with Gasteiger partial charge < -0.3 is 15.4 Å². The van der Waals surface area contributed by atoms with Gasteiger partial charge in [-0.3, -0.25) is 14.4 Å². The number of imide groups is 1. The number of halogens is 2. The summed E-state index contributed by atoms with van der Waals surface area (Å²) in [5.74, 6) is -1.20. The normalized spacial score (nSPS) is 13.4. The van der Waals surface area contributed by atoms with Gasteiger partial charge in [0.1, 0.15) is 16.5 Å². The Hall–Kier alpha value is -3.81. The molecule has 0 unspecified atom stereocenters. The second kappa shape index (κ2) is 9.59. The summed E-state index contributed by atoms with van der Waals surface area (Å²) in [7, 11) is 1.46. The second-order valence-corrected chi connectivity index (χ2v) is 8.29. The summed E-state index contributed by atoms with van der Waals surface area (Å²) in [5, 5.41) is 6.00. The molecule has 3 aromatic rings. The highest BCUT2D eigenvalue weighted by molar-refractivity contribution is 6.53. The van der Waals surface area contributed by atoms with E-state index < -0.39 is 11.8 Å². The Morgan fingerprint density at radius 3 is 2.18 bits per heavy atom. The molecule has 0 aromatic heterocycles. The van der Waals surface area contributed by atoms with Crippen molar-refractivity contribution < 1.29 is 19.1 Å². The van der Waals surface area contributed by atoms with Crippen LogP contribution in [-0.4, -0.2) is 24.8 Å². The number of benzene rings is 3. The first-order chi connectivity index (χ1) is 16.3. The Morgan fingerprint density at radius 2 is 1.53 bits per heavy atom. The maximum Gasteiger partial charge on any atom is 0.283 e. The van der Waals surface area contributed by atoms with Crippen molar-refractivity contribution in [3.05, 3.63) is 93.6 Å². The van der Waals surface area contributed by atoms with Gasteiger partial charge in [-0.2, -0.15) is 0 Å². The molecule has 2 N–H and O–H groups in total. The molecular weight excluding hydrogens is 477 g/mol.